The molecule has 1 atom stereocenters. The minimum atomic E-state index is 0.177. The second-order valence-corrected chi connectivity index (χ2v) is 14.4. The molecule has 0 saturated heterocycles. The van der Waals surface area contributed by atoms with Crippen LogP contribution in [0.2, 0.25) is 0 Å². The van der Waals surface area contributed by atoms with Crippen LogP contribution in [-0.4, -0.2) is 3.71 Å². The Hall–Kier alpha value is -2.11. The van der Waals surface area contributed by atoms with Gasteiger partial charge in [0, 0.05) is 0 Å². The Kier molecular flexibility index (Phi) is 10.7. The first-order chi connectivity index (χ1) is 18.6. The molecule has 1 heteroatoms. The fraction of sp³-hybridized carbons (Fsp3) is 0.410. The van der Waals surface area contributed by atoms with Crippen LogP contribution in [0.25, 0.3) is 11.1 Å². The van der Waals surface area contributed by atoms with E-state index in [9.17, 15) is 0 Å². The molecule has 3 aromatic rings. The second-order valence-electron chi connectivity index (χ2n) is 13.7. The number of hydrogen-bond acceptors (Lipinski definition) is 0. The summed E-state index contributed by atoms with van der Waals surface area (Å²) in [6.45, 7) is 24.5. The second kappa shape index (κ2) is 13.2. The maximum absolute atomic E-state index is 3.53. The molecule has 5 rings (SSSR count). The molecule has 208 valence electrons. The molecule has 0 fully saturated rings. The zero-order valence-corrected chi connectivity index (χ0v) is 29.2. The van der Waals surface area contributed by atoms with Crippen LogP contribution in [0.1, 0.15) is 103 Å². The van der Waals surface area contributed by atoms with Gasteiger partial charge in [-0.1, -0.05) is 116 Å². The topological polar surface area (TPSA) is 0 Å². The van der Waals surface area contributed by atoms with E-state index >= 15 is 0 Å². The van der Waals surface area contributed by atoms with Crippen LogP contribution in [0, 0.1) is 30.9 Å². The number of fused-ring (bicyclic) bond motifs is 3. The Morgan fingerprint density at radius 3 is 1.93 bits per heavy atom. The van der Waals surface area contributed by atoms with Crippen molar-refractivity contribution in [2.45, 2.75) is 93.4 Å². The summed E-state index contributed by atoms with van der Waals surface area (Å²) >= 11 is 1.47. The summed E-state index contributed by atoms with van der Waals surface area (Å²) in [5, 5.41) is 0. The Morgan fingerprint density at radius 1 is 0.850 bits per heavy atom. The van der Waals surface area contributed by atoms with Crippen molar-refractivity contribution in [3.63, 3.8) is 0 Å². The average Bonchev–Trinajstić information content (AvgIpc) is 3.42. The molecular weight excluding hydrogens is 560 g/mol. The molecular formula is C39H48Zr. The van der Waals surface area contributed by atoms with E-state index < -0.39 is 0 Å². The zero-order valence-electron chi connectivity index (χ0n) is 26.7. The Labute approximate surface area is 260 Å². The predicted molar refractivity (Wildman–Crippen MR) is 172 cm³/mol. The van der Waals surface area contributed by atoms with Gasteiger partial charge in [0.1, 0.15) is 0 Å². The third kappa shape index (κ3) is 8.46. The molecule has 0 N–H and O–H groups in total. The molecule has 0 heterocycles. The van der Waals surface area contributed by atoms with E-state index in [-0.39, 0.29) is 10.8 Å². The third-order valence-electron chi connectivity index (χ3n) is 7.70. The Bertz CT molecular complexity index is 1320. The van der Waals surface area contributed by atoms with Gasteiger partial charge in [0.25, 0.3) is 0 Å². The molecule has 40 heavy (non-hydrogen) atoms. The van der Waals surface area contributed by atoms with Gasteiger partial charge < -0.3 is 0 Å². The first kappa shape index (κ1) is 32.4. The van der Waals surface area contributed by atoms with Crippen LogP contribution >= 0.6 is 0 Å². The molecule has 0 nitrogen and oxygen atoms in total. The summed E-state index contributed by atoms with van der Waals surface area (Å²) in [5.41, 5.74) is 14.3. The average molecular weight is 608 g/mol. The van der Waals surface area contributed by atoms with Crippen LogP contribution in [0.5, 0.6) is 0 Å². The van der Waals surface area contributed by atoms with Gasteiger partial charge in [-0.2, -0.15) is 41.0 Å². The van der Waals surface area contributed by atoms with Crippen molar-refractivity contribution < 1.29 is 24.2 Å². The van der Waals surface area contributed by atoms with Crippen molar-refractivity contribution in [1.29, 1.82) is 0 Å². The summed E-state index contributed by atoms with van der Waals surface area (Å²) in [4.78, 5) is 0. The van der Waals surface area contributed by atoms with E-state index in [1.807, 2.05) is 0 Å². The van der Waals surface area contributed by atoms with Crippen LogP contribution in [0.15, 0.2) is 71.8 Å². The molecule has 0 saturated carbocycles. The Balaban J connectivity index is 0.000000193. The Morgan fingerprint density at radius 2 is 1.45 bits per heavy atom. The number of aryl methyl sites for hydroxylation is 1. The summed E-state index contributed by atoms with van der Waals surface area (Å²) in [7, 11) is 0. The SMILES string of the molecule is CC(C)(C)c1c[c-]c2c(c1)-c1cc(C(C)(C)C)ccc1C2.CC1=[C-]C(C)C=C1C(C)C.Cc1ccc([CH]=[Zr+2])cc1. The van der Waals surface area contributed by atoms with Crippen molar-refractivity contribution in [1.82, 2.24) is 0 Å². The summed E-state index contributed by atoms with van der Waals surface area (Å²) in [6, 6.07) is 23.6. The number of rotatable bonds is 2. The molecule has 0 aromatic heterocycles. The monoisotopic (exact) mass is 606 g/mol. The van der Waals surface area contributed by atoms with Gasteiger partial charge in [-0.15, -0.1) is 5.56 Å². The van der Waals surface area contributed by atoms with E-state index in [0.717, 1.165) is 6.42 Å². The third-order valence-corrected chi connectivity index (χ3v) is 8.52. The standard InChI is InChI=1S/C21H25.C10H15.C8H8.Zr/c1-20(2,3)16-9-7-14-11-15-8-10-17(21(4,5)6)13-19(15)18(14)12-16;1-7(2)10-6-8(3)5-9(10)4;1-7-3-5-8(2)6-4-7;/h7,9-10,12-13H,11H2,1-6H3;6-8H,1-4H3;1,3-6H,2H3;/q2*-1;;+2. The first-order valence-electron chi connectivity index (χ1n) is 14.7. The van der Waals surface area contributed by atoms with Crippen molar-refractivity contribution >= 4 is 3.71 Å². The summed E-state index contributed by atoms with van der Waals surface area (Å²) in [5.74, 6) is 1.20. The molecule has 2 aliphatic rings. The van der Waals surface area contributed by atoms with Gasteiger partial charge >= 0.3 is 70.3 Å². The van der Waals surface area contributed by atoms with Crippen molar-refractivity contribution in [2.75, 3.05) is 0 Å². The van der Waals surface area contributed by atoms with E-state index in [2.05, 4.69) is 153 Å². The molecule has 0 amide bonds. The van der Waals surface area contributed by atoms with Gasteiger partial charge in [0.15, 0.2) is 0 Å². The number of benzene rings is 3. The summed E-state index contributed by atoms with van der Waals surface area (Å²) in [6.07, 6.45) is 6.71. The van der Waals surface area contributed by atoms with Crippen molar-refractivity contribution in [3.05, 3.63) is 117 Å². The number of allylic oxidation sites excluding steroid dienone is 4. The molecule has 0 spiro atoms. The van der Waals surface area contributed by atoms with Crippen molar-refractivity contribution in [3.8, 4) is 11.1 Å². The van der Waals surface area contributed by atoms with E-state index in [1.165, 1.54) is 79.9 Å². The maximum atomic E-state index is 3.53. The van der Waals surface area contributed by atoms with Gasteiger partial charge in [0.2, 0.25) is 0 Å². The molecule has 0 radical (unpaired) electrons. The fourth-order valence-electron chi connectivity index (χ4n) is 5.13. The van der Waals surface area contributed by atoms with E-state index in [0.29, 0.717) is 11.8 Å². The molecule has 2 aliphatic carbocycles. The van der Waals surface area contributed by atoms with Crippen molar-refractivity contribution in [2.24, 2.45) is 11.8 Å². The van der Waals surface area contributed by atoms with Gasteiger partial charge in [-0.25, -0.2) is 5.57 Å². The van der Waals surface area contributed by atoms with Gasteiger partial charge in [-0.3, -0.25) is 6.08 Å². The van der Waals surface area contributed by atoms with Gasteiger partial charge in [0.05, 0.1) is 0 Å². The fourth-order valence-corrected chi connectivity index (χ4v) is 5.61. The van der Waals surface area contributed by atoms with Crippen LogP contribution in [-0.2, 0) is 41.5 Å². The van der Waals surface area contributed by atoms with Gasteiger partial charge in [-0.05, 0) is 17.4 Å². The van der Waals surface area contributed by atoms with E-state index in [1.54, 1.807) is 0 Å². The van der Waals surface area contributed by atoms with Crippen LogP contribution in [0.3, 0.4) is 0 Å². The summed E-state index contributed by atoms with van der Waals surface area (Å²) < 4.78 is 2.19. The molecule has 0 aliphatic heterocycles. The minimum absolute atomic E-state index is 0.177. The van der Waals surface area contributed by atoms with E-state index in [4.69, 9.17) is 0 Å². The first-order valence-corrected chi connectivity index (χ1v) is 16.1. The normalized spacial score (nSPS) is 15.7. The predicted octanol–water partition coefficient (Wildman–Crippen LogP) is 10.3. The molecule has 1 unspecified atom stereocenters. The number of hydrogen-bond donors (Lipinski definition) is 0. The van der Waals surface area contributed by atoms with Crippen LogP contribution in [0.4, 0.5) is 0 Å². The quantitative estimate of drug-likeness (QED) is 0.199. The molecule has 3 aromatic carbocycles. The van der Waals surface area contributed by atoms with Crippen LogP contribution < -0.4 is 0 Å². The zero-order chi connectivity index (χ0) is 29.8. The molecule has 0 bridgehead atoms.